The molecule has 0 radical (unpaired) electrons. The van der Waals surface area contributed by atoms with Crippen molar-refractivity contribution in [3.05, 3.63) is 50.4 Å². The van der Waals surface area contributed by atoms with Gasteiger partial charge in [0.2, 0.25) is 0 Å². The quantitative estimate of drug-likeness (QED) is 0.896. The van der Waals surface area contributed by atoms with Gasteiger partial charge in [0, 0.05) is 11.6 Å². The van der Waals surface area contributed by atoms with Gasteiger partial charge in [-0.05, 0) is 34.1 Å². The van der Waals surface area contributed by atoms with Gasteiger partial charge in [-0.15, -0.1) is 11.3 Å². The Morgan fingerprint density at radius 2 is 2.16 bits per heavy atom. The molecule has 2 aromatic rings. The highest BCUT2D eigenvalue weighted by atomic mass is 79.9. The van der Waals surface area contributed by atoms with Crippen LogP contribution in [0.4, 0.5) is 0 Å². The second-order valence-electron chi connectivity index (χ2n) is 3.66. The van der Waals surface area contributed by atoms with E-state index < -0.39 is 5.97 Å². The number of rotatable bonds is 4. The van der Waals surface area contributed by atoms with Crippen molar-refractivity contribution in [2.45, 2.75) is 6.54 Å². The number of halogens is 1. The summed E-state index contributed by atoms with van der Waals surface area (Å²) in [7, 11) is 0. The average molecular weight is 341 g/mol. The van der Waals surface area contributed by atoms with Gasteiger partial charge < -0.3 is 10.4 Å². The monoisotopic (exact) mass is 340 g/mol. The predicted molar refractivity (Wildman–Crippen MR) is 74.4 cm³/mol. The number of hydrogen-bond acceptors (Lipinski definition) is 4. The number of nitrogens with zero attached hydrogens (tertiary/aromatic N) is 1. The van der Waals surface area contributed by atoms with Crippen LogP contribution in [0.2, 0.25) is 0 Å². The molecule has 0 bridgehead atoms. The molecule has 2 aromatic heterocycles. The van der Waals surface area contributed by atoms with Crippen LogP contribution in [0, 0.1) is 0 Å². The first-order chi connectivity index (χ1) is 9.06. The summed E-state index contributed by atoms with van der Waals surface area (Å²) in [5.41, 5.74) is 1.21. The Bertz CT molecular complexity index is 627. The smallest absolute Gasteiger partial charge is 0.335 e. The highest BCUT2D eigenvalue weighted by Crippen LogP contribution is 2.20. The summed E-state index contributed by atoms with van der Waals surface area (Å²) in [5, 5.41) is 13.3. The Morgan fingerprint density at radius 3 is 2.79 bits per heavy atom. The van der Waals surface area contributed by atoms with E-state index in [0.717, 1.165) is 3.79 Å². The maximum Gasteiger partial charge on any atom is 0.335 e. The van der Waals surface area contributed by atoms with E-state index in [4.69, 9.17) is 5.11 Å². The van der Waals surface area contributed by atoms with Gasteiger partial charge in [0.05, 0.1) is 27.2 Å². The number of carboxylic acid groups (broad SMARTS) is 1. The molecule has 0 fully saturated rings. The molecule has 0 saturated carbocycles. The van der Waals surface area contributed by atoms with Crippen LogP contribution in [-0.2, 0) is 6.54 Å². The van der Waals surface area contributed by atoms with Crippen molar-refractivity contribution in [3.8, 4) is 0 Å². The van der Waals surface area contributed by atoms with Crippen LogP contribution in [0.25, 0.3) is 0 Å². The molecule has 5 nitrogen and oxygen atoms in total. The molecular formula is C12H9BrN2O3S. The van der Waals surface area contributed by atoms with Crippen LogP contribution in [0.1, 0.15) is 26.4 Å². The molecule has 2 N–H and O–H groups in total. The zero-order valence-corrected chi connectivity index (χ0v) is 12.0. The second-order valence-corrected chi connectivity index (χ2v) is 5.95. The first-order valence-corrected chi connectivity index (χ1v) is 6.94. The predicted octanol–water partition coefficient (Wildman–Crippen LogP) is 2.53. The molecular weight excluding hydrogens is 332 g/mol. The van der Waals surface area contributed by atoms with E-state index in [0.29, 0.717) is 11.3 Å². The number of carbonyl (C=O) groups is 2. The summed E-state index contributed by atoms with van der Waals surface area (Å²) in [6.45, 7) is 0.188. The zero-order chi connectivity index (χ0) is 13.8. The van der Waals surface area contributed by atoms with Gasteiger partial charge in [-0.25, -0.2) is 4.79 Å². The first kappa shape index (κ1) is 13.7. The normalized spacial score (nSPS) is 10.2. The topological polar surface area (TPSA) is 79.3 Å². The van der Waals surface area contributed by atoms with Crippen molar-refractivity contribution < 1.29 is 14.7 Å². The van der Waals surface area contributed by atoms with Crippen molar-refractivity contribution >= 4 is 39.1 Å². The molecule has 0 atom stereocenters. The molecule has 0 unspecified atom stereocenters. The third-order valence-corrected chi connectivity index (χ3v) is 3.83. The van der Waals surface area contributed by atoms with E-state index in [-0.39, 0.29) is 18.0 Å². The van der Waals surface area contributed by atoms with Gasteiger partial charge in [-0.2, -0.15) is 0 Å². The maximum absolute atomic E-state index is 11.8. The Balaban J connectivity index is 2.01. The average Bonchev–Trinajstić information content (AvgIpc) is 2.83. The van der Waals surface area contributed by atoms with Crippen LogP contribution >= 0.6 is 27.3 Å². The molecule has 19 heavy (non-hydrogen) atoms. The summed E-state index contributed by atoms with van der Waals surface area (Å²) < 4.78 is 0.878. The molecule has 0 saturated heterocycles. The Kier molecular flexibility index (Phi) is 4.28. The first-order valence-electron chi connectivity index (χ1n) is 5.26. The minimum atomic E-state index is -1.02. The van der Waals surface area contributed by atoms with E-state index >= 15 is 0 Å². The van der Waals surface area contributed by atoms with E-state index in [1.54, 1.807) is 11.4 Å². The van der Waals surface area contributed by atoms with Crippen LogP contribution in [0.15, 0.2) is 33.6 Å². The standard InChI is InChI=1S/C12H9BrN2O3S/c13-10-4-8(6-19-10)11(16)15-5-9-3-7(12(17)18)1-2-14-9/h1-4,6H,5H2,(H,15,16)(H,17,18). The van der Waals surface area contributed by atoms with E-state index in [1.165, 1.54) is 29.7 Å². The third-order valence-electron chi connectivity index (χ3n) is 2.32. The van der Waals surface area contributed by atoms with E-state index in [1.807, 2.05) is 0 Å². The van der Waals surface area contributed by atoms with Gasteiger partial charge in [-0.1, -0.05) is 0 Å². The van der Waals surface area contributed by atoms with Gasteiger partial charge in [-0.3, -0.25) is 9.78 Å². The number of aromatic carboxylic acids is 1. The lowest BCUT2D eigenvalue weighted by Crippen LogP contribution is -2.22. The fraction of sp³-hybridized carbons (Fsp3) is 0.0833. The lowest BCUT2D eigenvalue weighted by atomic mass is 10.2. The Morgan fingerprint density at radius 1 is 1.37 bits per heavy atom. The molecule has 0 aliphatic heterocycles. The number of carboxylic acids is 1. The minimum Gasteiger partial charge on any atom is -0.478 e. The van der Waals surface area contributed by atoms with Gasteiger partial charge in [0.15, 0.2) is 0 Å². The summed E-state index contributed by atoms with van der Waals surface area (Å²) in [6, 6.07) is 4.57. The second kappa shape index (κ2) is 5.94. The lowest BCUT2D eigenvalue weighted by molar-refractivity contribution is 0.0696. The van der Waals surface area contributed by atoms with Crippen LogP contribution in [-0.4, -0.2) is 22.0 Å². The number of thiophene rings is 1. The van der Waals surface area contributed by atoms with E-state index in [9.17, 15) is 9.59 Å². The van der Waals surface area contributed by atoms with Gasteiger partial charge in [0.25, 0.3) is 5.91 Å². The van der Waals surface area contributed by atoms with Crippen molar-refractivity contribution in [3.63, 3.8) is 0 Å². The fourth-order valence-corrected chi connectivity index (χ4v) is 2.55. The lowest BCUT2D eigenvalue weighted by Gasteiger charge is -2.04. The van der Waals surface area contributed by atoms with Crippen LogP contribution in [0.3, 0.4) is 0 Å². The van der Waals surface area contributed by atoms with Crippen LogP contribution < -0.4 is 5.32 Å². The molecule has 1 amide bonds. The van der Waals surface area contributed by atoms with Gasteiger partial charge >= 0.3 is 5.97 Å². The largest absolute Gasteiger partial charge is 0.478 e. The molecule has 7 heteroatoms. The number of amides is 1. The summed E-state index contributed by atoms with van der Waals surface area (Å²) in [4.78, 5) is 26.6. The molecule has 0 aromatic carbocycles. The van der Waals surface area contributed by atoms with Gasteiger partial charge in [0.1, 0.15) is 0 Å². The highest BCUT2D eigenvalue weighted by molar-refractivity contribution is 9.11. The minimum absolute atomic E-state index is 0.150. The number of pyridine rings is 1. The number of carbonyl (C=O) groups excluding carboxylic acids is 1. The molecule has 0 aliphatic carbocycles. The SMILES string of the molecule is O=C(O)c1ccnc(CNC(=O)c2csc(Br)c2)c1. The summed E-state index contributed by atoms with van der Waals surface area (Å²) in [6.07, 6.45) is 1.41. The fourth-order valence-electron chi connectivity index (χ4n) is 1.41. The number of hydrogen-bond donors (Lipinski definition) is 2. The summed E-state index contributed by atoms with van der Waals surface area (Å²) >= 11 is 4.71. The third kappa shape index (κ3) is 3.62. The summed E-state index contributed by atoms with van der Waals surface area (Å²) in [5.74, 6) is -1.23. The van der Waals surface area contributed by atoms with Crippen molar-refractivity contribution in [2.24, 2.45) is 0 Å². The molecule has 2 rings (SSSR count). The van der Waals surface area contributed by atoms with Crippen molar-refractivity contribution in [1.82, 2.24) is 10.3 Å². The molecule has 0 spiro atoms. The van der Waals surface area contributed by atoms with Crippen molar-refractivity contribution in [2.75, 3.05) is 0 Å². The molecule has 2 heterocycles. The maximum atomic E-state index is 11.8. The Labute approximate surface area is 121 Å². The highest BCUT2D eigenvalue weighted by Gasteiger charge is 2.09. The molecule has 98 valence electrons. The number of nitrogens with one attached hydrogen (secondary N) is 1. The number of aromatic nitrogens is 1. The van der Waals surface area contributed by atoms with E-state index in [2.05, 4.69) is 26.2 Å². The Hall–Kier alpha value is -1.73. The molecule has 0 aliphatic rings. The van der Waals surface area contributed by atoms with Crippen LogP contribution in [0.5, 0.6) is 0 Å². The van der Waals surface area contributed by atoms with Crippen molar-refractivity contribution in [1.29, 1.82) is 0 Å². The zero-order valence-electron chi connectivity index (χ0n) is 9.59.